The van der Waals surface area contributed by atoms with Gasteiger partial charge in [0, 0.05) is 5.56 Å². The SMILES string of the molecule is O=C(CBr)c1cccc(OC2CCCC2)c1. The van der Waals surface area contributed by atoms with Crippen LogP contribution in [0.2, 0.25) is 0 Å². The van der Waals surface area contributed by atoms with Crippen LogP contribution < -0.4 is 4.74 Å². The Balaban J connectivity index is 2.06. The maximum Gasteiger partial charge on any atom is 0.173 e. The zero-order chi connectivity index (χ0) is 11.4. The fraction of sp³-hybridized carbons (Fsp3) is 0.462. The Morgan fingerprint density at radius 1 is 1.38 bits per heavy atom. The van der Waals surface area contributed by atoms with E-state index in [1.807, 2.05) is 24.3 Å². The molecule has 1 saturated carbocycles. The van der Waals surface area contributed by atoms with E-state index in [1.54, 1.807) is 0 Å². The van der Waals surface area contributed by atoms with Crippen LogP contribution in [0.15, 0.2) is 24.3 Å². The summed E-state index contributed by atoms with van der Waals surface area (Å²) in [5.41, 5.74) is 0.715. The van der Waals surface area contributed by atoms with E-state index in [0.29, 0.717) is 17.0 Å². The van der Waals surface area contributed by atoms with Gasteiger partial charge in [-0.1, -0.05) is 28.1 Å². The van der Waals surface area contributed by atoms with E-state index in [0.717, 1.165) is 18.6 Å². The van der Waals surface area contributed by atoms with Gasteiger partial charge >= 0.3 is 0 Å². The van der Waals surface area contributed by atoms with E-state index < -0.39 is 0 Å². The Labute approximate surface area is 104 Å². The standard InChI is InChI=1S/C13H15BrO2/c14-9-13(15)10-4-3-7-12(8-10)16-11-5-1-2-6-11/h3-4,7-8,11H,1-2,5-6,9H2. The molecule has 16 heavy (non-hydrogen) atoms. The van der Waals surface area contributed by atoms with Gasteiger partial charge in [-0.2, -0.15) is 0 Å². The molecule has 1 aromatic carbocycles. The van der Waals surface area contributed by atoms with E-state index in [4.69, 9.17) is 4.74 Å². The minimum Gasteiger partial charge on any atom is -0.490 e. The number of ether oxygens (including phenoxy) is 1. The molecule has 1 aliphatic rings. The van der Waals surface area contributed by atoms with Crippen LogP contribution in [0, 0.1) is 0 Å². The molecule has 86 valence electrons. The number of halogens is 1. The zero-order valence-corrected chi connectivity index (χ0v) is 10.7. The predicted molar refractivity (Wildman–Crippen MR) is 67.5 cm³/mol. The fourth-order valence-corrected chi connectivity index (χ4v) is 2.34. The van der Waals surface area contributed by atoms with E-state index in [9.17, 15) is 4.79 Å². The summed E-state index contributed by atoms with van der Waals surface area (Å²) in [6.07, 6.45) is 5.12. The predicted octanol–water partition coefficient (Wildman–Crippen LogP) is 3.59. The molecular weight excluding hydrogens is 268 g/mol. The Kier molecular flexibility index (Phi) is 3.99. The molecule has 1 aliphatic carbocycles. The van der Waals surface area contributed by atoms with Crippen LogP contribution >= 0.6 is 15.9 Å². The van der Waals surface area contributed by atoms with Gasteiger partial charge in [0.05, 0.1) is 11.4 Å². The molecule has 0 radical (unpaired) electrons. The van der Waals surface area contributed by atoms with Crippen LogP contribution in [-0.4, -0.2) is 17.2 Å². The van der Waals surface area contributed by atoms with Crippen molar-refractivity contribution >= 4 is 21.7 Å². The van der Waals surface area contributed by atoms with Gasteiger partial charge in [-0.3, -0.25) is 4.79 Å². The Morgan fingerprint density at radius 3 is 2.81 bits per heavy atom. The zero-order valence-electron chi connectivity index (χ0n) is 9.12. The Hall–Kier alpha value is -0.830. The number of hydrogen-bond donors (Lipinski definition) is 0. The van der Waals surface area contributed by atoms with Gasteiger partial charge in [0.1, 0.15) is 5.75 Å². The summed E-state index contributed by atoms with van der Waals surface area (Å²) in [5, 5.41) is 0.361. The van der Waals surface area contributed by atoms with Crippen molar-refractivity contribution in [1.82, 2.24) is 0 Å². The summed E-state index contributed by atoms with van der Waals surface area (Å²) in [6, 6.07) is 7.45. The number of carbonyl (C=O) groups excluding carboxylic acids is 1. The number of alkyl halides is 1. The van der Waals surface area contributed by atoms with Crippen molar-refractivity contribution in [2.45, 2.75) is 31.8 Å². The first-order chi connectivity index (χ1) is 7.79. The van der Waals surface area contributed by atoms with Crippen LogP contribution in [0.3, 0.4) is 0 Å². The van der Waals surface area contributed by atoms with E-state index in [2.05, 4.69) is 15.9 Å². The second kappa shape index (κ2) is 5.48. The third-order valence-corrected chi connectivity index (χ3v) is 3.39. The molecule has 3 heteroatoms. The van der Waals surface area contributed by atoms with Crippen molar-refractivity contribution in [3.63, 3.8) is 0 Å². The Morgan fingerprint density at radius 2 is 2.12 bits per heavy atom. The summed E-state index contributed by atoms with van der Waals surface area (Å²) < 4.78 is 5.84. The first-order valence-corrected chi connectivity index (χ1v) is 6.77. The number of carbonyl (C=O) groups is 1. The highest BCUT2D eigenvalue weighted by Crippen LogP contribution is 2.24. The average Bonchev–Trinajstić information content (AvgIpc) is 2.81. The van der Waals surface area contributed by atoms with Crippen molar-refractivity contribution in [3.8, 4) is 5.75 Å². The van der Waals surface area contributed by atoms with Gasteiger partial charge in [-0.15, -0.1) is 0 Å². The summed E-state index contributed by atoms with van der Waals surface area (Å²) in [6.45, 7) is 0. The van der Waals surface area contributed by atoms with Gasteiger partial charge < -0.3 is 4.74 Å². The topological polar surface area (TPSA) is 26.3 Å². The first kappa shape index (κ1) is 11.6. The van der Waals surface area contributed by atoms with Crippen LogP contribution in [-0.2, 0) is 0 Å². The molecule has 0 heterocycles. The molecule has 0 spiro atoms. The van der Waals surface area contributed by atoms with Crippen LogP contribution in [0.4, 0.5) is 0 Å². The third-order valence-electron chi connectivity index (χ3n) is 2.88. The quantitative estimate of drug-likeness (QED) is 0.623. The van der Waals surface area contributed by atoms with Crippen LogP contribution in [0.5, 0.6) is 5.75 Å². The highest BCUT2D eigenvalue weighted by molar-refractivity contribution is 9.09. The maximum absolute atomic E-state index is 11.5. The average molecular weight is 283 g/mol. The van der Waals surface area contributed by atoms with Crippen molar-refractivity contribution in [2.75, 3.05) is 5.33 Å². The molecule has 0 saturated heterocycles. The van der Waals surface area contributed by atoms with Crippen molar-refractivity contribution in [3.05, 3.63) is 29.8 Å². The van der Waals surface area contributed by atoms with Gasteiger partial charge in [0.25, 0.3) is 0 Å². The molecule has 0 amide bonds. The lowest BCUT2D eigenvalue weighted by Gasteiger charge is -2.13. The van der Waals surface area contributed by atoms with Crippen molar-refractivity contribution < 1.29 is 9.53 Å². The second-order valence-electron chi connectivity index (χ2n) is 4.11. The lowest BCUT2D eigenvalue weighted by Crippen LogP contribution is -2.11. The number of benzene rings is 1. The molecule has 0 aliphatic heterocycles. The normalized spacial score (nSPS) is 16.3. The summed E-state index contributed by atoms with van der Waals surface area (Å²) in [7, 11) is 0. The van der Waals surface area contributed by atoms with Gasteiger partial charge in [-0.05, 0) is 37.8 Å². The highest BCUT2D eigenvalue weighted by Gasteiger charge is 2.16. The van der Waals surface area contributed by atoms with Gasteiger partial charge in [-0.25, -0.2) is 0 Å². The van der Waals surface area contributed by atoms with Crippen molar-refractivity contribution in [1.29, 1.82) is 0 Å². The lowest BCUT2D eigenvalue weighted by atomic mass is 10.1. The number of hydrogen-bond acceptors (Lipinski definition) is 2. The van der Waals surface area contributed by atoms with Gasteiger partial charge in [0.15, 0.2) is 5.78 Å². The molecule has 2 rings (SSSR count). The third kappa shape index (κ3) is 2.85. The summed E-state index contributed by atoms with van der Waals surface area (Å²) in [5.74, 6) is 0.913. The van der Waals surface area contributed by atoms with E-state index in [-0.39, 0.29) is 5.78 Å². The maximum atomic E-state index is 11.5. The molecule has 1 aromatic rings. The van der Waals surface area contributed by atoms with Crippen LogP contribution in [0.1, 0.15) is 36.0 Å². The second-order valence-corrected chi connectivity index (χ2v) is 4.67. The fourth-order valence-electron chi connectivity index (χ4n) is 2.02. The molecule has 0 aromatic heterocycles. The van der Waals surface area contributed by atoms with E-state index >= 15 is 0 Å². The monoisotopic (exact) mass is 282 g/mol. The summed E-state index contributed by atoms with van der Waals surface area (Å²) >= 11 is 3.17. The minimum atomic E-state index is 0.0943. The van der Waals surface area contributed by atoms with Crippen LogP contribution in [0.25, 0.3) is 0 Å². The molecule has 0 N–H and O–H groups in total. The lowest BCUT2D eigenvalue weighted by molar-refractivity contribution is 0.102. The van der Waals surface area contributed by atoms with E-state index in [1.165, 1.54) is 12.8 Å². The smallest absolute Gasteiger partial charge is 0.173 e. The molecule has 0 atom stereocenters. The minimum absolute atomic E-state index is 0.0943. The highest BCUT2D eigenvalue weighted by atomic mass is 79.9. The number of rotatable bonds is 4. The number of Topliss-reactive ketones (excluding diaryl/α,β-unsaturated/α-hetero) is 1. The Bertz CT molecular complexity index is 370. The number of ketones is 1. The largest absolute Gasteiger partial charge is 0.490 e. The molecule has 0 unspecified atom stereocenters. The molecular formula is C13H15BrO2. The van der Waals surface area contributed by atoms with Crippen molar-refractivity contribution in [2.24, 2.45) is 0 Å². The molecule has 2 nitrogen and oxygen atoms in total. The molecule has 1 fully saturated rings. The van der Waals surface area contributed by atoms with Gasteiger partial charge in [0.2, 0.25) is 0 Å². The summed E-state index contributed by atoms with van der Waals surface area (Å²) in [4.78, 5) is 11.5. The molecule has 0 bridgehead atoms. The first-order valence-electron chi connectivity index (χ1n) is 5.65.